The van der Waals surface area contributed by atoms with Gasteiger partial charge in [0.2, 0.25) is 5.91 Å². The van der Waals surface area contributed by atoms with Gasteiger partial charge < -0.3 is 10.2 Å². The summed E-state index contributed by atoms with van der Waals surface area (Å²) in [6.45, 7) is 6.00. The number of amides is 1. The third-order valence-electron chi connectivity index (χ3n) is 4.21. The molecule has 0 aliphatic carbocycles. The van der Waals surface area contributed by atoms with Crippen molar-refractivity contribution in [1.82, 2.24) is 10.2 Å². The van der Waals surface area contributed by atoms with Crippen molar-refractivity contribution in [3.63, 3.8) is 0 Å². The second kappa shape index (κ2) is 8.18. The highest BCUT2D eigenvalue weighted by molar-refractivity contribution is 5.81. The molecule has 1 aromatic rings. The van der Waals surface area contributed by atoms with E-state index in [0.29, 0.717) is 6.04 Å². The van der Waals surface area contributed by atoms with E-state index in [-0.39, 0.29) is 11.9 Å². The van der Waals surface area contributed by atoms with Crippen LogP contribution in [0.1, 0.15) is 45.1 Å². The zero-order valence-corrected chi connectivity index (χ0v) is 13.3. The predicted molar refractivity (Wildman–Crippen MR) is 87.3 cm³/mol. The summed E-state index contributed by atoms with van der Waals surface area (Å²) in [6.07, 6.45) is 5.78. The van der Waals surface area contributed by atoms with Crippen LogP contribution in [-0.2, 0) is 11.2 Å². The monoisotopic (exact) mass is 288 g/mol. The van der Waals surface area contributed by atoms with Crippen LogP contribution in [0.4, 0.5) is 0 Å². The molecule has 1 amide bonds. The normalized spacial score (nSPS) is 18.9. The third kappa shape index (κ3) is 5.16. The first-order valence-electron chi connectivity index (χ1n) is 8.25. The molecule has 1 saturated heterocycles. The molecule has 2 rings (SSSR count). The molecule has 2 unspecified atom stereocenters. The van der Waals surface area contributed by atoms with Gasteiger partial charge in [0.1, 0.15) is 0 Å². The highest BCUT2D eigenvalue weighted by Crippen LogP contribution is 2.11. The molecule has 1 fully saturated rings. The average molecular weight is 288 g/mol. The van der Waals surface area contributed by atoms with E-state index >= 15 is 0 Å². The topological polar surface area (TPSA) is 32.3 Å². The van der Waals surface area contributed by atoms with E-state index in [4.69, 9.17) is 0 Å². The Labute approximate surface area is 128 Å². The molecule has 3 heteroatoms. The number of carbonyl (C=O) groups excluding carboxylic acids is 1. The smallest absolute Gasteiger partial charge is 0.239 e. The van der Waals surface area contributed by atoms with Gasteiger partial charge in [-0.3, -0.25) is 4.79 Å². The van der Waals surface area contributed by atoms with Gasteiger partial charge >= 0.3 is 0 Å². The van der Waals surface area contributed by atoms with E-state index in [9.17, 15) is 4.79 Å². The number of benzene rings is 1. The summed E-state index contributed by atoms with van der Waals surface area (Å²) in [7, 11) is 0. The van der Waals surface area contributed by atoms with Gasteiger partial charge in [-0.25, -0.2) is 0 Å². The van der Waals surface area contributed by atoms with Crippen LogP contribution < -0.4 is 5.32 Å². The van der Waals surface area contributed by atoms with Crippen molar-refractivity contribution in [3.8, 4) is 0 Å². The van der Waals surface area contributed by atoms with Crippen LogP contribution in [0, 0.1) is 0 Å². The van der Waals surface area contributed by atoms with Gasteiger partial charge in [0.05, 0.1) is 6.04 Å². The van der Waals surface area contributed by atoms with Crippen molar-refractivity contribution in [1.29, 1.82) is 0 Å². The van der Waals surface area contributed by atoms with Gasteiger partial charge in [0.25, 0.3) is 0 Å². The van der Waals surface area contributed by atoms with E-state index in [1.165, 1.54) is 18.4 Å². The number of rotatable bonds is 5. The summed E-state index contributed by atoms with van der Waals surface area (Å²) >= 11 is 0. The van der Waals surface area contributed by atoms with Crippen LogP contribution in [0.3, 0.4) is 0 Å². The molecule has 2 atom stereocenters. The molecular formula is C18H28N2O. The molecule has 0 saturated carbocycles. The number of likely N-dealkylation sites (tertiary alicyclic amines) is 1. The lowest BCUT2D eigenvalue weighted by Crippen LogP contribution is -2.48. The van der Waals surface area contributed by atoms with Crippen molar-refractivity contribution in [2.45, 2.75) is 58.0 Å². The first-order chi connectivity index (χ1) is 10.2. The van der Waals surface area contributed by atoms with Crippen molar-refractivity contribution < 1.29 is 4.79 Å². The fraction of sp³-hybridized carbons (Fsp3) is 0.611. The Morgan fingerprint density at radius 3 is 2.33 bits per heavy atom. The number of nitrogens with zero attached hydrogens (tertiary/aromatic N) is 1. The van der Waals surface area contributed by atoms with E-state index in [2.05, 4.69) is 36.5 Å². The first-order valence-corrected chi connectivity index (χ1v) is 8.25. The molecule has 0 radical (unpaired) electrons. The second-order valence-corrected chi connectivity index (χ2v) is 6.22. The van der Waals surface area contributed by atoms with E-state index in [1.807, 2.05) is 17.9 Å². The van der Waals surface area contributed by atoms with Gasteiger partial charge in [-0.2, -0.15) is 0 Å². The van der Waals surface area contributed by atoms with Crippen molar-refractivity contribution in [3.05, 3.63) is 35.9 Å². The van der Waals surface area contributed by atoms with Crippen molar-refractivity contribution in [2.24, 2.45) is 0 Å². The van der Waals surface area contributed by atoms with Gasteiger partial charge in [0.15, 0.2) is 0 Å². The zero-order valence-electron chi connectivity index (χ0n) is 13.3. The molecule has 1 N–H and O–H groups in total. The fourth-order valence-corrected chi connectivity index (χ4v) is 3.09. The molecule has 21 heavy (non-hydrogen) atoms. The van der Waals surface area contributed by atoms with Crippen LogP contribution in [-0.4, -0.2) is 36.0 Å². The molecule has 1 heterocycles. The van der Waals surface area contributed by atoms with Crippen LogP contribution in [0.25, 0.3) is 0 Å². The minimum atomic E-state index is -0.0955. The minimum Gasteiger partial charge on any atom is -0.341 e. The van der Waals surface area contributed by atoms with Crippen LogP contribution in [0.2, 0.25) is 0 Å². The summed E-state index contributed by atoms with van der Waals surface area (Å²) in [5, 5.41) is 3.45. The molecule has 3 nitrogen and oxygen atoms in total. The van der Waals surface area contributed by atoms with Crippen molar-refractivity contribution >= 4 is 5.91 Å². The van der Waals surface area contributed by atoms with Crippen molar-refractivity contribution in [2.75, 3.05) is 13.1 Å². The highest BCUT2D eigenvalue weighted by Gasteiger charge is 2.22. The lowest BCUT2D eigenvalue weighted by Gasteiger charge is -2.26. The largest absolute Gasteiger partial charge is 0.341 e. The Hall–Kier alpha value is -1.35. The average Bonchev–Trinajstić information content (AvgIpc) is 2.76. The standard InChI is InChI=1S/C18H28N2O/c1-15(14-17-10-6-5-7-11-17)19-16(2)18(21)20-12-8-3-4-9-13-20/h5-7,10-11,15-16,19H,3-4,8-9,12-14H2,1-2H3. The van der Waals surface area contributed by atoms with Crippen LogP contribution in [0.15, 0.2) is 30.3 Å². The first kappa shape index (κ1) is 16.0. The summed E-state index contributed by atoms with van der Waals surface area (Å²) in [4.78, 5) is 14.5. The maximum Gasteiger partial charge on any atom is 0.239 e. The lowest BCUT2D eigenvalue weighted by molar-refractivity contribution is -0.133. The molecule has 116 valence electrons. The lowest BCUT2D eigenvalue weighted by atomic mass is 10.1. The maximum absolute atomic E-state index is 12.5. The van der Waals surface area contributed by atoms with E-state index in [0.717, 1.165) is 32.4 Å². The molecule has 1 aromatic carbocycles. The molecule has 1 aliphatic rings. The SMILES string of the molecule is CC(Cc1ccccc1)NC(C)C(=O)N1CCCCCC1. The summed E-state index contributed by atoms with van der Waals surface area (Å²) in [6, 6.07) is 10.6. The molecular weight excluding hydrogens is 260 g/mol. The van der Waals surface area contributed by atoms with E-state index < -0.39 is 0 Å². The molecule has 0 aromatic heterocycles. The molecule has 1 aliphatic heterocycles. The van der Waals surface area contributed by atoms with Gasteiger partial charge in [-0.15, -0.1) is 0 Å². The Kier molecular flexibility index (Phi) is 6.24. The fourth-order valence-electron chi connectivity index (χ4n) is 3.09. The van der Waals surface area contributed by atoms with Crippen LogP contribution >= 0.6 is 0 Å². The Balaban J connectivity index is 1.82. The Bertz CT molecular complexity index is 424. The molecule has 0 bridgehead atoms. The highest BCUT2D eigenvalue weighted by atomic mass is 16.2. The zero-order chi connectivity index (χ0) is 15.1. The van der Waals surface area contributed by atoms with Gasteiger partial charge in [-0.1, -0.05) is 43.2 Å². The summed E-state index contributed by atoms with van der Waals surface area (Å²) in [5.41, 5.74) is 1.31. The maximum atomic E-state index is 12.5. The second-order valence-electron chi connectivity index (χ2n) is 6.22. The summed E-state index contributed by atoms with van der Waals surface area (Å²) in [5.74, 6) is 0.261. The minimum absolute atomic E-state index is 0.0955. The Morgan fingerprint density at radius 1 is 1.10 bits per heavy atom. The summed E-state index contributed by atoms with van der Waals surface area (Å²) < 4.78 is 0. The van der Waals surface area contributed by atoms with Gasteiger partial charge in [-0.05, 0) is 38.7 Å². The molecule has 0 spiro atoms. The number of carbonyl (C=O) groups is 1. The third-order valence-corrected chi connectivity index (χ3v) is 4.21. The van der Waals surface area contributed by atoms with E-state index in [1.54, 1.807) is 0 Å². The predicted octanol–water partition coefficient (Wildman–Crippen LogP) is 3.00. The number of nitrogens with one attached hydrogen (secondary N) is 1. The number of hydrogen-bond donors (Lipinski definition) is 1. The Morgan fingerprint density at radius 2 is 1.71 bits per heavy atom. The van der Waals surface area contributed by atoms with Gasteiger partial charge in [0, 0.05) is 19.1 Å². The number of hydrogen-bond acceptors (Lipinski definition) is 2. The quantitative estimate of drug-likeness (QED) is 0.903. The van der Waals surface area contributed by atoms with Crippen LogP contribution in [0.5, 0.6) is 0 Å².